The maximum atomic E-state index is 5.88. The van der Waals surface area contributed by atoms with Crippen molar-refractivity contribution >= 4 is 5.69 Å². The minimum absolute atomic E-state index is 0.469. The third-order valence-corrected chi connectivity index (χ3v) is 2.73. The minimum Gasteiger partial charge on any atom is -0.488 e. The van der Waals surface area contributed by atoms with Crippen LogP contribution in [0.1, 0.15) is 25.3 Å². The Bertz CT molecular complexity index is 342. The monoisotopic (exact) mass is 205 g/mol. The summed E-state index contributed by atoms with van der Waals surface area (Å²) < 4.78 is 5.88. The molecule has 0 saturated heterocycles. The lowest BCUT2D eigenvalue weighted by atomic mass is 10.1. The van der Waals surface area contributed by atoms with Gasteiger partial charge in [0.1, 0.15) is 5.75 Å². The Morgan fingerprint density at radius 3 is 2.60 bits per heavy atom. The number of rotatable bonds is 4. The average molecular weight is 205 g/mol. The fourth-order valence-electron chi connectivity index (χ4n) is 1.60. The molecule has 0 N–H and O–H groups in total. The van der Waals surface area contributed by atoms with Crippen LogP contribution in [0.5, 0.6) is 5.75 Å². The Morgan fingerprint density at radius 1 is 1.33 bits per heavy atom. The van der Waals surface area contributed by atoms with E-state index < -0.39 is 0 Å². The highest BCUT2D eigenvalue weighted by molar-refractivity contribution is 5.59. The topological polar surface area (TPSA) is 12.5 Å². The van der Waals surface area contributed by atoms with Crippen LogP contribution in [0.25, 0.3) is 0 Å². The number of benzene rings is 1. The summed E-state index contributed by atoms with van der Waals surface area (Å²) in [6.07, 6.45) is 3.96. The van der Waals surface area contributed by atoms with E-state index in [1.165, 1.54) is 24.1 Å². The van der Waals surface area contributed by atoms with E-state index in [1.807, 2.05) is 0 Å². The maximum absolute atomic E-state index is 5.88. The molecule has 1 aromatic carbocycles. The third-order valence-electron chi connectivity index (χ3n) is 2.73. The van der Waals surface area contributed by atoms with Gasteiger partial charge in [0.05, 0.1) is 11.8 Å². The molecule has 0 amide bonds. The van der Waals surface area contributed by atoms with Crippen molar-refractivity contribution in [3.05, 3.63) is 23.8 Å². The molecule has 1 fully saturated rings. The van der Waals surface area contributed by atoms with Gasteiger partial charge >= 0.3 is 0 Å². The van der Waals surface area contributed by atoms with E-state index in [-0.39, 0.29) is 0 Å². The molecule has 2 rings (SSSR count). The zero-order valence-corrected chi connectivity index (χ0v) is 9.79. The first-order valence-electron chi connectivity index (χ1n) is 5.67. The minimum atomic E-state index is 0.469. The van der Waals surface area contributed by atoms with Crippen molar-refractivity contribution in [3.63, 3.8) is 0 Å². The van der Waals surface area contributed by atoms with Gasteiger partial charge in [0, 0.05) is 14.1 Å². The quantitative estimate of drug-likeness (QED) is 0.749. The van der Waals surface area contributed by atoms with Crippen molar-refractivity contribution in [2.75, 3.05) is 19.0 Å². The predicted molar refractivity (Wildman–Crippen MR) is 63.8 cm³/mol. The lowest BCUT2D eigenvalue weighted by Crippen LogP contribution is -2.11. The SMILES string of the molecule is CCc1ccc(OC2CC2)c(N(C)C)c1. The van der Waals surface area contributed by atoms with Gasteiger partial charge in [-0.25, -0.2) is 0 Å². The van der Waals surface area contributed by atoms with Gasteiger partial charge in [-0.1, -0.05) is 13.0 Å². The lowest BCUT2D eigenvalue weighted by molar-refractivity contribution is 0.304. The summed E-state index contributed by atoms with van der Waals surface area (Å²) in [5, 5.41) is 0. The zero-order valence-electron chi connectivity index (χ0n) is 9.79. The van der Waals surface area contributed by atoms with Gasteiger partial charge in [-0.15, -0.1) is 0 Å². The number of hydrogen-bond acceptors (Lipinski definition) is 2. The molecule has 0 aliphatic heterocycles. The molecule has 1 aliphatic carbocycles. The molecular weight excluding hydrogens is 186 g/mol. The van der Waals surface area contributed by atoms with Crippen molar-refractivity contribution < 1.29 is 4.74 Å². The first-order chi connectivity index (χ1) is 7.20. The second kappa shape index (κ2) is 4.13. The Hall–Kier alpha value is -1.18. The predicted octanol–water partition coefficient (Wildman–Crippen LogP) is 2.86. The van der Waals surface area contributed by atoms with E-state index in [2.05, 4.69) is 44.1 Å². The lowest BCUT2D eigenvalue weighted by Gasteiger charge is -2.18. The van der Waals surface area contributed by atoms with Gasteiger partial charge in [0.15, 0.2) is 0 Å². The molecule has 0 atom stereocenters. The number of hydrogen-bond donors (Lipinski definition) is 0. The highest BCUT2D eigenvalue weighted by Crippen LogP contribution is 2.34. The van der Waals surface area contributed by atoms with E-state index in [0.29, 0.717) is 6.10 Å². The molecule has 82 valence electrons. The largest absolute Gasteiger partial charge is 0.488 e. The fourth-order valence-corrected chi connectivity index (χ4v) is 1.60. The van der Waals surface area contributed by atoms with Crippen LogP contribution in [0.3, 0.4) is 0 Å². The number of ether oxygens (including phenoxy) is 1. The van der Waals surface area contributed by atoms with Crippen LogP contribution in [0.4, 0.5) is 5.69 Å². The second-order valence-corrected chi connectivity index (χ2v) is 4.37. The highest BCUT2D eigenvalue weighted by atomic mass is 16.5. The van der Waals surface area contributed by atoms with Crippen LogP contribution in [0.15, 0.2) is 18.2 Å². The highest BCUT2D eigenvalue weighted by Gasteiger charge is 2.24. The van der Waals surface area contributed by atoms with E-state index in [1.54, 1.807) is 0 Å². The Labute approximate surface area is 91.9 Å². The van der Waals surface area contributed by atoms with Crippen molar-refractivity contribution in [3.8, 4) is 5.75 Å². The summed E-state index contributed by atoms with van der Waals surface area (Å²) in [4.78, 5) is 2.12. The summed E-state index contributed by atoms with van der Waals surface area (Å²) in [6.45, 7) is 2.18. The van der Waals surface area contributed by atoms with Crippen LogP contribution < -0.4 is 9.64 Å². The molecular formula is C13H19NO. The van der Waals surface area contributed by atoms with Gasteiger partial charge in [-0.05, 0) is 37.0 Å². The van der Waals surface area contributed by atoms with Crippen LogP contribution >= 0.6 is 0 Å². The van der Waals surface area contributed by atoms with Crippen LogP contribution in [-0.4, -0.2) is 20.2 Å². The van der Waals surface area contributed by atoms with Gasteiger partial charge in [-0.2, -0.15) is 0 Å². The molecule has 2 nitrogen and oxygen atoms in total. The molecule has 1 aromatic rings. The molecule has 2 heteroatoms. The molecule has 0 spiro atoms. The average Bonchev–Trinajstić information content (AvgIpc) is 3.02. The van der Waals surface area contributed by atoms with Gasteiger partial charge in [-0.3, -0.25) is 0 Å². The first kappa shape index (κ1) is 10.3. The van der Waals surface area contributed by atoms with Gasteiger partial charge < -0.3 is 9.64 Å². The van der Waals surface area contributed by atoms with Crippen molar-refractivity contribution in [1.82, 2.24) is 0 Å². The van der Waals surface area contributed by atoms with Crippen LogP contribution in [0.2, 0.25) is 0 Å². The molecule has 1 saturated carbocycles. The Morgan fingerprint density at radius 2 is 2.07 bits per heavy atom. The zero-order chi connectivity index (χ0) is 10.8. The first-order valence-corrected chi connectivity index (χ1v) is 5.67. The molecule has 0 unspecified atom stereocenters. The molecule has 0 radical (unpaired) electrons. The maximum Gasteiger partial charge on any atom is 0.143 e. The molecule has 0 aromatic heterocycles. The van der Waals surface area contributed by atoms with E-state index >= 15 is 0 Å². The standard InChI is InChI=1S/C13H19NO/c1-4-10-5-8-13(15-11-6-7-11)12(9-10)14(2)3/h5,8-9,11H,4,6-7H2,1-3H3. The smallest absolute Gasteiger partial charge is 0.143 e. The summed E-state index contributed by atoms with van der Waals surface area (Å²) in [6, 6.07) is 6.48. The van der Waals surface area contributed by atoms with Gasteiger partial charge in [0.2, 0.25) is 0 Å². The van der Waals surface area contributed by atoms with E-state index in [4.69, 9.17) is 4.74 Å². The fraction of sp³-hybridized carbons (Fsp3) is 0.538. The molecule has 15 heavy (non-hydrogen) atoms. The number of nitrogens with zero attached hydrogens (tertiary/aromatic N) is 1. The number of aryl methyl sites for hydroxylation is 1. The summed E-state index contributed by atoms with van der Waals surface area (Å²) in [5.74, 6) is 1.03. The van der Waals surface area contributed by atoms with E-state index in [0.717, 1.165) is 12.2 Å². The Kier molecular flexibility index (Phi) is 2.85. The van der Waals surface area contributed by atoms with Crippen LogP contribution in [0, 0.1) is 0 Å². The van der Waals surface area contributed by atoms with Crippen LogP contribution in [-0.2, 0) is 6.42 Å². The second-order valence-electron chi connectivity index (χ2n) is 4.37. The molecule has 0 bridgehead atoms. The van der Waals surface area contributed by atoms with Crippen molar-refractivity contribution in [2.45, 2.75) is 32.3 Å². The van der Waals surface area contributed by atoms with Crippen molar-refractivity contribution in [2.24, 2.45) is 0 Å². The Balaban J connectivity index is 2.25. The molecule has 1 aliphatic rings. The summed E-state index contributed by atoms with van der Waals surface area (Å²) >= 11 is 0. The van der Waals surface area contributed by atoms with E-state index in [9.17, 15) is 0 Å². The normalized spacial score (nSPS) is 15.1. The van der Waals surface area contributed by atoms with Gasteiger partial charge in [0.25, 0.3) is 0 Å². The summed E-state index contributed by atoms with van der Waals surface area (Å²) in [5.41, 5.74) is 2.56. The summed E-state index contributed by atoms with van der Waals surface area (Å²) in [7, 11) is 4.13. The number of anilines is 1. The van der Waals surface area contributed by atoms with Crippen molar-refractivity contribution in [1.29, 1.82) is 0 Å². The molecule has 0 heterocycles. The third kappa shape index (κ3) is 2.44.